The van der Waals surface area contributed by atoms with Gasteiger partial charge in [0.25, 0.3) is 5.56 Å². The highest BCUT2D eigenvalue weighted by molar-refractivity contribution is 5.88. The highest BCUT2D eigenvalue weighted by Crippen LogP contribution is 2.36. The molecule has 6 nitrogen and oxygen atoms in total. The fraction of sp³-hybridized carbons (Fsp3) is 0.200. The summed E-state index contributed by atoms with van der Waals surface area (Å²) in [5.74, 6) is 0.741. The van der Waals surface area contributed by atoms with Gasteiger partial charge in [0.1, 0.15) is 5.75 Å². The summed E-state index contributed by atoms with van der Waals surface area (Å²) in [5.41, 5.74) is 4.06. The minimum Gasteiger partial charge on any atom is -0.496 e. The highest BCUT2D eigenvalue weighted by Gasteiger charge is 2.22. The lowest BCUT2D eigenvalue weighted by molar-refractivity contribution is 0.401. The summed E-state index contributed by atoms with van der Waals surface area (Å²) in [5, 5.41) is 13.8. The third-order valence-electron chi connectivity index (χ3n) is 4.91. The molecule has 0 amide bonds. The first kappa shape index (κ1) is 16.0. The molecule has 0 aliphatic carbocycles. The van der Waals surface area contributed by atoms with E-state index in [-0.39, 0.29) is 11.6 Å². The first-order valence-electron chi connectivity index (χ1n) is 8.34. The van der Waals surface area contributed by atoms with Gasteiger partial charge in [0.15, 0.2) is 0 Å². The Morgan fingerprint density at radius 2 is 2.04 bits per heavy atom. The molecular weight excluding hydrogens is 328 g/mol. The van der Waals surface area contributed by atoms with Crippen molar-refractivity contribution in [3.05, 3.63) is 63.6 Å². The number of aryl methyl sites for hydroxylation is 1. The molecule has 0 spiro atoms. The van der Waals surface area contributed by atoms with Gasteiger partial charge in [-0.3, -0.25) is 9.89 Å². The lowest BCUT2D eigenvalue weighted by Crippen LogP contribution is -2.22. The second kappa shape index (κ2) is 5.81. The van der Waals surface area contributed by atoms with Crippen molar-refractivity contribution in [3.8, 4) is 11.8 Å². The van der Waals surface area contributed by atoms with E-state index in [2.05, 4.69) is 16.2 Å². The number of fused-ring (bicyclic) bond motifs is 2. The van der Waals surface area contributed by atoms with Gasteiger partial charge in [-0.05, 0) is 49.7 Å². The second-order valence-corrected chi connectivity index (χ2v) is 6.41. The summed E-state index contributed by atoms with van der Waals surface area (Å²) in [6.45, 7) is 3.98. The van der Waals surface area contributed by atoms with Gasteiger partial charge < -0.3 is 9.72 Å². The summed E-state index contributed by atoms with van der Waals surface area (Å²) in [4.78, 5) is 16.2. The summed E-state index contributed by atoms with van der Waals surface area (Å²) in [6, 6.07) is 10.9. The van der Waals surface area contributed by atoms with Crippen LogP contribution in [-0.4, -0.2) is 21.9 Å². The van der Waals surface area contributed by atoms with Crippen molar-refractivity contribution < 1.29 is 4.74 Å². The van der Waals surface area contributed by atoms with Crippen molar-refractivity contribution in [1.82, 2.24) is 14.8 Å². The highest BCUT2D eigenvalue weighted by atomic mass is 16.5. The zero-order valence-corrected chi connectivity index (χ0v) is 14.8. The number of aromatic nitrogens is 3. The maximum Gasteiger partial charge on any atom is 0.274 e. The topological polar surface area (TPSA) is 86.6 Å². The van der Waals surface area contributed by atoms with Gasteiger partial charge in [-0.2, -0.15) is 5.26 Å². The molecule has 26 heavy (non-hydrogen) atoms. The predicted octanol–water partition coefficient (Wildman–Crippen LogP) is 3.61. The molecule has 0 saturated heterocycles. The molecule has 0 saturated carbocycles. The molecule has 0 bridgehead atoms. The van der Waals surface area contributed by atoms with Gasteiger partial charge in [0, 0.05) is 22.7 Å². The fourth-order valence-corrected chi connectivity index (χ4v) is 3.60. The zero-order valence-electron chi connectivity index (χ0n) is 14.8. The summed E-state index contributed by atoms with van der Waals surface area (Å²) >= 11 is 0. The van der Waals surface area contributed by atoms with Crippen LogP contribution in [0.1, 0.15) is 29.7 Å². The Morgan fingerprint density at radius 3 is 2.77 bits per heavy atom. The molecule has 2 N–H and O–H groups in total. The molecule has 0 unspecified atom stereocenters. The van der Waals surface area contributed by atoms with Crippen LogP contribution in [0.15, 0.2) is 41.3 Å². The molecule has 2 heterocycles. The van der Waals surface area contributed by atoms with Gasteiger partial charge in [-0.1, -0.05) is 0 Å². The Hall–Kier alpha value is -3.46. The van der Waals surface area contributed by atoms with Crippen LogP contribution in [0.4, 0.5) is 0 Å². The SMILES string of the molecule is COc1cc(C)c2[nH]ccc2c1[C@@H](C)n1[nH]c2ccc(C#N)cc2c1=O. The number of nitriles is 1. The summed E-state index contributed by atoms with van der Waals surface area (Å²) < 4.78 is 7.20. The van der Waals surface area contributed by atoms with Crippen molar-refractivity contribution in [2.24, 2.45) is 0 Å². The Morgan fingerprint density at radius 1 is 1.23 bits per heavy atom. The molecule has 4 aromatic rings. The van der Waals surface area contributed by atoms with Crippen LogP contribution in [0.3, 0.4) is 0 Å². The second-order valence-electron chi connectivity index (χ2n) is 6.41. The molecular formula is C20H18N4O2. The van der Waals surface area contributed by atoms with E-state index in [1.54, 1.807) is 30.0 Å². The fourth-order valence-electron chi connectivity index (χ4n) is 3.60. The van der Waals surface area contributed by atoms with Crippen LogP contribution < -0.4 is 10.3 Å². The maximum atomic E-state index is 12.9. The van der Waals surface area contributed by atoms with Crippen molar-refractivity contribution in [2.45, 2.75) is 19.9 Å². The number of rotatable bonds is 3. The van der Waals surface area contributed by atoms with E-state index < -0.39 is 0 Å². The molecule has 0 radical (unpaired) electrons. The predicted molar refractivity (Wildman–Crippen MR) is 101 cm³/mol. The molecule has 0 aliphatic heterocycles. The van der Waals surface area contributed by atoms with Crippen LogP contribution in [0, 0.1) is 18.3 Å². The molecule has 2 aromatic heterocycles. The molecule has 130 valence electrons. The third-order valence-corrected chi connectivity index (χ3v) is 4.91. The van der Waals surface area contributed by atoms with Gasteiger partial charge in [0.2, 0.25) is 0 Å². The number of hydrogen-bond acceptors (Lipinski definition) is 3. The van der Waals surface area contributed by atoms with Crippen LogP contribution in [0.5, 0.6) is 5.75 Å². The van der Waals surface area contributed by atoms with E-state index in [1.165, 1.54) is 0 Å². The normalized spacial score (nSPS) is 12.4. The van der Waals surface area contributed by atoms with Gasteiger partial charge in [-0.25, -0.2) is 4.68 Å². The average Bonchev–Trinajstić information content (AvgIpc) is 3.26. The number of methoxy groups -OCH3 is 1. The van der Waals surface area contributed by atoms with E-state index in [0.717, 1.165) is 27.8 Å². The quantitative estimate of drug-likeness (QED) is 0.594. The van der Waals surface area contributed by atoms with Gasteiger partial charge in [-0.15, -0.1) is 0 Å². The van der Waals surface area contributed by atoms with Crippen molar-refractivity contribution in [1.29, 1.82) is 5.26 Å². The van der Waals surface area contributed by atoms with Gasteiger partial charge in [0.05, 0.1) is 35.7 Å². The van der Waals surface area contributed by atoms with Crippen molar-refractivity contribution in [2.75, 3.05) is 7.11 Å². The monoisotopic (exact) mass is 346 g/mol. The Labute approximate surface area is 149 Å². The minimum absolute atomic E-state index is 0.157. The lowest BCUT2D eigenvalue weighted by atomic mass is 9.99. The number of ether oxygens (including phenoxy) is 1. The Balaban J connectivity index is 1.97. The van der Waals surface area contributed by atoms with Crippen LogP contribution in [0.25, 0.3) is 21.8 Å². The number of nitrogens with zero attached hydrogens (tertiary/aromatic N) is 2. The Bertz CT molecular complexity index is 1240. The molecule has 1 atom stereocenters. The van der Waals surface area contributed by atoms with Crippen LogP contribution >= 0.6 is 0 Å². The van der Waals surface area contributed by atoms with E-state index in [4.69, 9.17) is 10.00 Å². The maximum absolute atomic E-state index is 12.9. The van der Waals surface area contributed by atoms with E-state index in [1.807, 2.05) is 32.2 Å². The van der Waals surface area contributed by atoms with Crippen molar-refractivity contribution >= 4 is 21.8 Å². The summed E-state index contributed by atoms with van der Waals surface area (Å²) in [6.07, 6.45) is 1.89. The van der Waals surface area contributed by atoms with E-state index in [0.29, 0.717) is 16.5 Å². The smallest absolute Gasteiger partial charge is 0.274 e. The number of H-pyrrole nitrogens is 2. The average molecular weight is 346 g/mol. The first-order chi connectivity index (χ1) is 12.5. The van der Waals surface area contributed by atoms with Crippen molar-refractivity contribution in [3.63, 3.8) is 0 Å². The van der Waals surface area contributed by atoms with E-state index >= 15 is 0 Å². The molecule has 0 fully saturated rings. The first-order valence-corrected chi connectivity index (χ1v) is 8.34. The van der Waals surface area contributed by atoms with Crippen LogP contribution in [0.2, 0.25) is 0 Å². The molecule has 6 heteroatoms. The minimum atomic E-state index is -0.269. The number of hydrogen-bond donors (Lipinski definition) is 2. The lowest BCUT2D eigenvalue weighted by Gasteiger charge is -2.18. The molecule has 2 aromatic carbocycles. The molecule has 4 rings (SSSR count). The largest absolute Gasteiger partial charge is 0.496 e. The molecule has 0 aliphatic rings. The van der Waals surface area contributed by atoms with E-state index in [9.17, 15) is 4.79 Å². The van der Waals surface area contributed by atoms with Crippen LogP contribution in [-0.2, 0) is 0 Å². The third kappa shape index (κ3) is 2.21. The number of benzene rings is 2. The number of aromatic amines is 2. The van der Waals surface area contributed by atoms with Gasteiger partial charge >= 0.3 is 0 Å². The summed E-state index contributed by atoms with van der Waals surface area (Å²) in [7, 11) is 1.64. The number of nitrogens with one attached hydrogen (secondary N) is 2. The standard InChI is InChI=1S/C20H18N4O2/c1-11-8-17(26-3)18(14-6-7-22-19(11)14)12(2)24-20(25)15-9-13(10-21)4-5-16(15)23-24/h4-9,12,22-23H,1-3H3/t12-/m1/s1. The Kier molecular flexibility index (Phi) is 3.58. The zero-order chi connectivity index (χ0) is 18.4.